The Labute approximate surface area is 119 Å². The van der Waals surface area contributed by atoms with Crippen molar-refractivity contribution in [3.8, 4) is 5.75 Å². The first-order chi connectivity index (χ1) is 9.69. The van der Waals surface area contributed by atoms with Crippen LogP contribution in [0.3, 0.4) is 0 Å². The van der Waals surface area contributed by atoms with Gasteiger partial charge >= 0.3 is 7.12 Å². The van der Waals surface area contributed by atoms with Crippen LogP contribution in [0.4, 0.5) is 0 Å². The van der Waals surface area contributed by atoms with E-state index in [1.54, 1.807) is 32.4 Å². The van der Waals surface area contributed by atoms with Crippen molar-refractivity contribution in [1.29, 1.82) is 0 Å². The number of ether oxygens (including phenoxy) is 4. The Balaban J connectivity index is 2.39. The third-order valence-corrected chi connectivity index (χ3v) is 2.66. The zero-order chi connectivity index (χ0) is 14.8. The average Bonchev–Trinajstić information content (AvgIpc) is 2.46. The second-order valence-electron chi connectivity index (χ2n) is 4.10. The lowest BCUT2D eigenvalue weighted by Crippen LogP contribution is -2.30. The number of methoxy groups -OCH3 is 2. The molecule has 2 N–H and O–H groups in total. The molecule has 112 valence electrons. The summed E-state index contributed by atoms with van der Waals surface area (Å²) in [6, 6.07) is 4.93. The predicted octanol–water partition coefficient (Wildman–Crippen LogP) is -0.445. The molecule has 0 saturated carbocycles. The predicted molar refractivity (Wildman–Crippen MR) is 75.2 cm³/mol. The summed E-state index contributed by atoms with van der Waals surface area (Å²) in [5.74, 6) is 0.648. The van der Waals surface area contributed by atoms with E-state index in [9.17, 15) is 0 Å². The Morgan fingerprint density at radius 1 is 1.00 bits per heavy atom. The fourth-order valence-electron chi connectivity index (χ4n) is 1.62. The Morgan fingerprint density at radius 3 is 2.35 bits per heavy atom. The fourth-order valence-corrected chi connectivity index (χ4v) is 1.62. The number of benzene rings is 1. The van der Waals surface area contributed by atoms with Gasteiger partial charge in [-0.05, 0) is 11.5 Å². The van der Waals surface area contributed by atoms with E-state index < -0.39 is 7.12 Å². The lowest BCUT2D eigenvalue weighted by Gasteiger charge is -2.11. The molecule has 0 amide bonds. The molecule has 1 aromatic rings. The van der Waals surface area contributed by atoms with E-state index in [4.69, 9.17) is 29.0 Å². The van der Waals surface area contributed by atoms with Gasteiger partial charge in [0.25, 0.3) is 0 Å². The Hall–Kier alpha value is -1.12. The molecule has 0 aliphatic heterocycles. The highest BCUT2D eigenvalue weighted by Gasteiger charge is 2.13. The van der Waals surface area contributed by atoms with Gasteiger partial charge in [-0.25, -0.2) is 0 Å². The van der Waals surface area contributed by atoms with Crippen molar-refractivity contribution < 1.29 is 29.0 Å². The highest BCUT2D eigenvalue weighted by molar-refractivity contribution is 6.58. The third kappa shape index (κ3) is 5.89. The molecule has 7 heteroatoms. The van der Waals surface area contributed by atoms with Gasteiger partial charge in [0.05, 0.1) is 40.1 Å². The quantitative estimate of drug-likeness (QED) is 0.448. The normalized spacial score (nSPS) is 10.6. The van der Waals surface area contributed by atoms with Gasteiger partial charge in [0.15, 0.2) is 0 Å². The SMILES string of the molecule is COCCOCCOCc1cc(B(O)O)ccc1OC. The Kier molecular flexibility index (Phi) is 8.25. The van der Waals surface area contributed by atoms with Crippen LogP contribution in [-0.4, -0.2) is 57.8 Å². The molecule has 0 aliphatic rings. The molecule has 0 radical (unpaired) electrons. The third-order valence-electron chi connectivity index (χ3n) is 2.66. The lowest BCUT2D eigenvalue weighted by atomic mass is 9.79. The number of hydrogen-bond acceptors (Lipinski definition) is 6. The molecule has 0 saturated heterocycles. The summed E-state index contributed by atoms with van der Waals surface area (Å²) in [7, 11) is 1.67. The van der Waals surface area contributed by atoms with Crippen LogP contribution in [-0.2, 0) is 20.8 Å². The molecule has 6 nitrogen and oxygen atoms in total. The van der Waals surface area contributed by atoms with E-state index in [-0.39, 0.29) is 0 Å². The zero-order valence-electron chi connectivity index (χ0n) is 11.9. The zero-order valence-corrected chi connectivity index (χ0v) is 11.9. The molecule has 1 rings (SSSR count). The highest BCUT2D eigenvalue weighted by atomic mass is 16.5. The maximum atomic E-state index is 9.15. The van der Waals surface area contributed by atoms with Crippen molar-refractivity contribution in [2.45, 2.75) is 6.61 Å². The lowest BCUT2D eigenvalue weighted by molar-refractivity contribution is 0.0196. The monoisotopic (exact) mass is 284 g/mol. The molecule has 0 aromatic heterocycles. The smallest absolute Gasteiger partial charge is 0.488 e. The van der Waals surface area contributed by atoms with Gasteiger partial charge in [-0.2, -0.15) is 0 Å². The average molecular weight is 284 g/mol. The number of hydrogen-bond donors (Lipinski definition) is 2. The summed E-state index contributed by atoms with van der Waals surface area (Å²) >= 11 is 0. The van der Waals surface area contributed by atoms with Crippen LogP contribution in [0, 0.1) is 0 Å². The van der Waals surface area contributed by atoms with Crippen molar-refractivity contribution in [2.24, 2.45) is 0 Å². The molecule has 0 heterocycles. The van der Waals surface area contributed by atoms with E-state index in [1.807, 2.05) is 0 Å². The maximum absolute atomic E-state index is 9.15. The summed E-state index contributed by atoms with van der Waals surface area (Å²) < 4.78 is 20.8. The van der Waals surface area contributed by atoms with Crippen LogP contribution in [0.5, 0.6) is 5.75 Å². The highest BCUT2D eigenvalue weighted by Crippen LogP contribution is 2.17. The molecule has 0 spiro atoms. The van der Waals surface area contributed by atoms with Crippen molar-refractivity contribution >= 4 is 12.6 Å². The molecule has 0 bridgehead atoms. The first-order valence-electron chi connectivity index (χ1n) is 6.36. The van der Waals surface area contributed by atoms with E-state index in [1.165, 1.54) is 0 Å². The van der Waals surface area contributed by atoms with Gasteiger partial charge in [-0.15, -0.1) is 0 Å². The van der Waals surface area contributed by atoms with Crippen LogP contribution in [0.25, 0.3) is 0 Å². The Morgan fingerprint density at radius 2 is 1.70 bits per heavy atom. The van der Waals surface area contributed by atoms with E-state index >= 15 is 0 Å². The van der Waals surface area contributed by atoms with Gasteiger partial charge < -0.3 is 29.0 Å². The summed E-state index contributed by atoms with van der Waals surface area (Å²) in [6.07, 6.45) is 0. The second-order valence-corrected chi connectivity index (χ2v) is 4.10. The molecule has 1 aromatic carbocycles. The van der Waals surface area contributed by atoms with Crippen LogP contribution in [0.15, 0.2) is 18.2 Å². The summed E-state index contributed by atoms with van der Waals surface area (Å²) in [5.41, 5.74) is 1.16. The first kappa shape index (κ1) is 16.9. The molecular formula is C13H21BO6. The van der Waals surface area contributed by atoms with Gasteiger partial charge in [0.2, 0.25) is 0 Å². The van der Waals surface area contributed by atoms with Crippen LogP contribution >= 0.6 is 0 Å². The summed E-state index contributed by atoms with van der Waals surface area (Å²) in [5, 5.41) is 18.3. The van der Waals surface area contributed by atoms with Gasteiger partial charge in [-0.3, -0.25) is 0 Å². The van der Waals surface area contributed by atoms with E-state index in [2.05, 4.69) is 0 Å². The minimum Gasteiger partial charge on any atom is -0.496 e. The van der Waals surface area contributed by atoms with E-state index in [0.717, 1.165) is 5.56 Å². The minimum absolute atomic E-state index is 0.317. The summed E-state index contributed by atoms with van der Waals surface area (Å²) in [6.45, 7) is 2.34. The van der Waals surface area contributed by atoms with Crippen molar-refractivity contribution in [3.05, 3.63) is 23.8 Å². The minimum atomic E-state index is -1.50. The first-order valence-corrected chi connectivity index (χ1v) is 6.36. The fraction of sp³-hybridized carbons (Fsp3) is 0.538. The molecule has 0 aliphatic carbocycles. The topological polar surface area (TPSA) is 77.4 Å². The standard InChI is InChI=1S/C13H21BO6/c1-17-5-6-19-7-8-20-10-11-9-12(14(15)16)3-4-13(11)18-2/h3-4,9,15-16H,5-8,10H2,1-2H3. The van der Waals surface area contributed by atoms with E-state index in [0.29, 0.717) is 44.2 Å². The molecule has 20 heavy (non-hydrogen) atoms. The van der Waals surface area contributed by atoms with Crippen LogP contribution in [0.1, 0.15) is 5.56 Å². The molecular weight excluding hydrogens is 263 g/mol. The maximum Gasteiger partial charge on any atom is 0.488 e. The Bertz CT molecular complexity index is 385. The van der Waals surface area contributed by atoms with Crippen LogP contribution < -0.4 is 10.2 Å². The second kappa shape index (κ2) is 9.74. The molecule has 0 atom stereocenters. The van der Waals surface area contributed by atoms with Crippen molar-refractivity contribution in [2.75, 3.05) is 40.6 Å². The number of rotatable bonds is 10. The van der Waals surface area contributed by atoms with Gasteiger partial charge in [-0.1, -0.05) is 12.1 Å². The van der Waals surface area contributed by atoms with Gasteiger partial charge in [0, 0.05) is 12.7 Å². The van der Waals surface area contributed by atoms with Gasteiger partial charge in [0.1, 0.15) is 5.75 Å². The van der Waals surface area contributed by atoms with Crippen molar-refractivity contribution in [1.82, 2.24) is 0 Å². The molecule has 0 fully saturated rings. The van der Waals surface area contributed by atoms with Crippen molar-refractivity contribution in [3.63, 3.8) is 0 Å². The largest absolute Gasteiger partial charge is 0.496 e. The summed E-state index contributed by atoms with van der Waals surface area (Å²) in [4.78, 5) is 0. The molecule has 0 unspecified atom stereocenters. The van der Waals surface area contributed by atoms with Crippen LogP contribution in [0.2, 0.25) is 0 Å².